The highest BCUT2D eigenvalue weighted by atomic mass is 16.6. The number of allylic oxidation sites excluding steroid dienone is 2. The first-order valence-corrected chi connectivity index (χ1v) is 7.62. The van der Waals surface area contributed by atoms with Crippen molar-refractivity contribution in [3.8, 4) is 0 Å². The van der Waals surface area contributed by atoms with Crippen LogP contribution in [0.5, 0.6) is 0 Å². The number of esters is 1. The Bertz CT molecular complexity index is 477. The number of aliphatic hydroxyl groups is 2. The van der Waals surface area contributed by atoms with Crippen molar-refractivity contribution in [1.82, 2.24) is 0 Å². The van der Waals surface area contributed by atoms with Crippen LogP contribution in [-0.2, 0) is 9.53 Å². The molecule has 0 aromatic heterocycles. The van der Waals surface area contributed by atoms with Crippen molar-refractivity contribution in [2.75, 3.05) is 0 Å². The molecule has 21 heavy (non-hydrogen) atoms. The van der Waals surface area contributed by atoms with Gasteiger partial charge in [-0.05, 0) is 50.0 Å². The number of rotatable bonds is 2. The van der Waals surface area contributed by atoms with Crippen molar-refractivity contribution >= 4 is 5.97 Å². The fraction of sp³-hybridized carbons (Fsp3) is 0.706. The van der Waals surface area contributed by atoms with Gasteiger partial charge in [-0.15, -0.1) is 0 Å². The fourth-order valence-corrected chi connectivity index (χ4v) is 4.19. The van der Waals surface area contributed by atoms with Gasteiger partial charge in [0, 0.05) is 12.8 Å². The van der Waals surface area contributed by atoms with E-state index in [1.807, 2.05) is 13.8 Å². The number of carbonyl (C=O) groups excluding carboxylic acids is 1. The normalized spacial score (nSPS) is 38.2. The molecule has 4 nitrogen and oxygen atoms in total. The van der Waals surface area contributed by atoms with E-state index in [2.05, 4.69) is 12.7 Å². The van der Waals surface area contributed by atoms with E-state index >= 15 is 0 Å². The van der Waals surface area contributed by atoms with Crippen LogP contribution in [0.4, 0.5) is 0 Å². The van der Waals surface area contributed by atoms with Crippen molar-refractivity contribution in [2.24, 2.45) is 23.7 Å². The molecule has 0 aromatic rings. The average Bonchev–Trinajstić information content (AvgIpc) is 2.33. The number of hydrogen-bond acceptors (Lipinski definition) is 4. The molecule has 2 aliphatic carbocycles. The number of ether oxygens (including phenoxy) is 1. The van der Waals surface area contributed by atoms with E-state index in [-0.39, 0.29) is 23.7 Å². The molecule has 0 heterocycles. The van der Waals surface area contributed by atoms with Crippen LogP contribution in [0.3, 0.4) is 0 Å². The van der Waals surface area contributed by atoms with E-state index in [9.17, 15) is 15.0 Å². The van der Waals surface area contributed by atoms with Crippen LogP contribution >= 0.6 is 0 Å². The molecule has 5 unspecified atom stereocenters. The second kappa shape index (κ2) is 5.58. The maximum absolute atomic E-state index is 11.3. The molecule has 1 saturated carbocycles. The van der Waals surface area contributed by atoms with E-state index in [1.54, 1.807) is 6.92 Å². The average molecular weight is 294 g/mol. The van der Waals surface area contributed by atoms with Gasteiger partial charge in [-0.25, -0.2) is 0 Å². The molecular formula is C17H26O4. The van der Waals surface area contributed by atoms with E-state index in [0.29, 0.717) is 5.57 Å². The van der Waals surface area contributed by atoms with Crippen molar-refractivity contribution in [3.05, 3.63) is 23.8 Å². The van der Waals surface area contributed by atoms with Crippen molar-refractivity contribution in [2.45, 2.75) is 52.4 Å². The quantitative estimate of drug-likeness (QED) is 0.466. The predicted octanol–water partition coefficient (Wildman–Crippen LogP) is 2.41. The summed E-state index contributed by atoms with van der Waals surface area (Å²) < 4.78 is 5.18. The third-order valence-corrected chi connectivity index (χ3v) is 5.09. The lowest BCUT2D eigenvalue weighted by Gasteiger charge is -2.51. The van der Waals surface area contributed by atoms with Gasteiger partial charge in [-0.3, -0.25) is 4.79 Å². The SMILES string of the molecule is C=C(C)C1CCC(C)C2C1C=C(C)C(OC(C)=O)C2(O)O. The molecular weight excluding hydrogens is 268 g/mol. The van der Waals surface area contributed by atoms with E-state index in [4.69, 9.17) is 4.74 Å². The molecule has 0 amide bonds. The summed E-state index contributed by atoms with van der Waals surface area (Å²) in [7, 11) is 0. The van der Waals surface area contributed by atoms with Gasteiger partial charge in [0.15, 0.2) is 6.10 Å². The predicted molar refractivity (Wildman–Crippen MR) is 80.2 cm³/mol. The number of fused-ring (bicyclic) bond motifs is 1. The van der Waals surface area contributed by atoms with Crippen molar-refractivity contribution in [1.29, 1.82) is 0 Å². The number of carbonyl (C=O) groups is 1. The second-order valence-electron chi connectivity index (χ2n) is 6.79. The molecule has 0 aliphatic heterocycles. The molecule has 2 N–H and O–H groups in total. The largest absolute Gasteiger partial charge is 0.452 e. The van der Waals surface area contributed by atoms with Gasteiger partial charge in [0.25, 0.3) is 0 Å². The topological polar surface area (TPSA) is 66.8 Å². The maximum Gasteiger partial charge on any atom is 0.303 e. The zero-order chi connectivity index (χ0) is 15.9. The van der Waals surface area contributed by atoms with Gasteiger partial charge in [0.05, 0.1) is 0 Å². The molecule has 0 spiro atoms. The van der Waals surface area contributed by atoms with Gasteiger partial charge >= 0.3 is 5.97 Å². The monoisotopic (exact) mass is 294 g/mol. The molecule has 0 saturated heterocycles. The highest BCUT2D eigenvalue weighted by Crippen LogP contribution is 2.51. The Balaban J connectivity index is 2.45. The minimum absolute atomic E-state index is 0.0352. The van der Waals surface area contributed by atoms with Gasteiger partial charge in [0.1, 0.15) is 0 Å². The highest BCUT2D eigenvalue weighted by Gasteiger charge is 2.56. The molecule has 1 fully saturated rings. The van der Waals surface area contributed by atoms with E-state index in [1.165, 1.54) is 6.92 Å². The van der Waals surface area contributed by atoms with Crippen LogP contribution in [-0.4, -0.2) is 28.1 Å². The molecule has 118 valence electrons. The van der Waals surface area contributed by atoms with Gasteiger partial charge in [0.2, 0.25) is 5.79 Å². The molecule has 0 aromatic carbocycles. The van der Waals surface area contributed by atoms with E-state index < -0.39 is 17.9 Å². The first-order valence-electron chi connectivity index (χ1n) is 7.62. The summed E-state index contributed by atoms with van der Waals surface area (Å²) in [6.45, 7) is 11.2. The molecule has 2 rings (SSSR count). The Morgan fingerprint density at radius 3 is 2.52 bits per heavy atom. The Morgan fingerprint density at radius 2 is 2.00 bits per heavy atom. The summed E-state index contributed by atoms with van der Waals surface area (Å²) in [5.41, 5.74) is 1.78. The summed E-state index contributed by atoms with van der Waals surface area (Å²) in [6.07, 6.45) is 3.00. The van der Waals surface area contributed by atoms with Crippen molar-refractivity contribution < 1.29 is 19.7 Å². The standard InChI is InChI=1S/C17H26O4/c1-9(2)13-7-6-10(3)15-14(13)8-11(4)16(17(15,19)20)21-12(5)18/h8,10,13-16,19-20H,1,6-7H2,2-5H3. The Morgan fingerprint density at radius 1 is 1.38 bits per heavy atom. The van der Waals surface area contributed by atoms with Crippen LogP contribution in [0.1, 0.15) is 40.5 Å². The lowest BCUT2D eigenvalue weighted by atomic mass is 9.58. The van der Waals surface area contributed by atoms with Crippen LogP contribution in [0.2, 0.25) is 0 Å². The zero-order valence-electron chi connectivity index (χ0n) is 13.3. The molecule has 2 aliphatic rings. The second-order valence-corrected chi connectivity index (χ2v) is 6.79. The minimum Gasteiger partial charge on any atom is -0.452 e. The lowest BCUT2D eigenvalue weighted by molar-refractivity contribution is -0.280. The molecule has 4 heteroatoms. The summed E-state index contributed by atoms with van der Waals surface area (Å²) in [4.78, 5) is 11.3. The van der Waals surface area contributed by atoms with Gasteiger partial charge in [-0.1, -0.05) is 25.2 Å². The van der Waals surface area contributed by atoms with Crippen LogP contribution in [0, 0.1) is 23.7 Å². The Labute approximate surface area is 126 Å². The van der Waals surface area contributed by atoms with Crippen LogP contribution < -0.4 is 0 Å². The molecule has 5 atom stereocenters. The third-order valence-electron chi connectivity index (χ3n) is 5.09. The Hall–Kier alpha value is -1.13. The molecule has 0 bridgehead atoms. The first kappa shape index (κ1) is 16.2. The van der Waals surface area contributed by atoms with Crippen molar-refractivity contribution in [3.63, 3.8) is 0 Å². The minimum atomic E-state index is -2.03. The van der Waals surface area contributed by atoms with Crippen LogP contribution in [0.15, 0.2) is 23.8 Å². The lowest BCUT2D eigenvalue weighted by Crippen LogP contribution is -2.59. The maximum atomic E-state index is 11.3. The first-order chi connectivity index (χ1) is 9.66. The smallest absolute Gasteiger partial charge is 0.303 e. The zero-order valence-corrected chi connectivity index (χ0v) is 13.3. The summed E-state index contributed by atoms with van der Waals surface area (Å²) in [5.74, 6) is -2.43. The number of hydrogen-bond donors (Lipinski definition) is 2. The Kier molecular flexibility index (Phi) is 4.31. The molecule has 0 radical (unpaired) electrons. The van der Waals surface area contributed by atoms with E-state index in [0.717, 1.165) is 18.4 Å². The summed E-state index contributed by atoms with van der Waals surface area (Å²) >= 11 is 0. The van der Waals surface area contributed by atoms with Gasteiger partial charge < -0.3 is 14.9 Å². The van der Waals surface area contributed by atoms with Gasteiger partial charge in [-0.2, -0.15) is 0 Å². The third kappa shape index (κ3) is 2.79. The summed E-state index contributed by atoms with van der Waals surface area (Å²) in [6, 6.07) is 0. The highest BCUT2D eigenvalue weighted by molar-refractivity contribution is 5.66. The summed E-state index contributed by atoms with van der Waals surface area (Å²) in [5, 5.41) is 21.5. The van der Waals surface area contributed by atoms with Crippen LogP contribution in [0.25, 0.3) is 0 Å². The fourth-order valence-electron chi connectivity index (χ4n) is 4.19.